The second-order valence-electron chi connectivity index (χ2n) is 11.5. The van der Waals surface area contributed by atoms with Crippen LogP contribution in [0.5, 0.6) is 11.5 Å². The van der Waals surface area contributed by atoms with E-state index in [0.29, 0.717) is 16.4 Å². The number of nitrogens with one attached hydrogen (secondary N) is 1. The number of para-hydroxylation sites is 3. The second kappa shape index (κ2) is 13.4. The highest BCUT2D eigenvalue weighted by Crippen LogP contribution is 2.36. The molecule has 13 heteroatoms. The molecule has 47 heavy (non-hydrogen) atoms. The molecule has 0 aliphatic carbocycles. The third kappa shape index (κ3) is 6.53. The average Bonchev–Trinajstić information content (AvgIpc) is 3.25. The van der Waals surface area contributed by atoms with Gasteiger partial charge in [0, 0.05) is 13.0 Å². The lowest BCUT2D eigenvalue weighted by Gasteiger charge is -2.35. The number of ether oxygens (including phenoxy) is 3. The van der Waals surface area contributed by atoms with Gasteiger partial charge in [-0.2, -0.15) is 0 Å². The summed E-state index contributed by atoms with van der Waals surface area (Å²) in [6.07, 6.45) is 0.741. The van der Waals surface area contributed by atoms with Crippen LogP contribution in [0.15, 0.2) is 76.6 Å². The average molecular weight is 663 g/mol. The van der Waals surface area contributed by atoms with E-state index in [9.17, 15) is 22.8 Å². The van der Waals surface area contributed by atoms with Crippen LogP contribution in [0.25, 0.3) is 0 Å². The maximum absolute atomic E-state index is 14.2. The lowest BCUT2D eigenvalue weighted by Crippen LogP contribution is -2.59. The minimum absolute atomic E-state index is 0.0629. The van der Waals surface area contributed by atoms with Crippen LogP contribution in [-0.2, 0) is 37.2 Å². The number of nitrogens with zero attached hydrogens (tertiary/aromatic N) is 3. The number of anilines is 1. The zero-order valence-corrected chi connectivity index (χ0v) is 27.8. The Kier molecular flexibility index (Phi) is 9.57. The fourth-order valence-corrected chi connectivity index (χ4v) is 7.11. The van der Waals surface area contributed by atoms with Crippen LogP contribution in [0.2, 0.25) is 0 Å². The van der Waals surface area contributed by atoms with Gasteiger partial charge in [0.05, 0.1) is 25.1 Å². The first-order valence-corrected chi connectivity index (χ1v) is 16.8. The molecular formula is C34H38N4O8S. The molecule has 1 N–H and O–H groups in total. The molecule has 2 heterocycles. The summed E-state index contributed by atoms with van der Waals surface area (Å²) < 4.78 is 46.1. The van der Waals surface area contributed by atoms with Gasteiger partial charge in [0.25, 0.3) is 21.8 Å². The van der Waals surface area contributed by atoms with Crippen LogP contribution in [0, 0.1) is 0 Å². The van der Waals surface area contributed by atoms with Crippen LogP contribution in [-0.4, -0.2) is 73.3 Å². The monoisotopic (exact) mass is 662 g/mol. The number of methoxy groups -OCH3 is 1. The van der Waals surface area contributed by atoms with Crippen molar-refractivity contribution in [3.05, 3.63) is 77.9 Å². The van der Waals surface area contributed by atoms with Crippen molar-refractivity contribution in [2.24, 2.45) is 4.99 Å². The number of carbonyl (C=O) groups is 3. The molecule has 0 bridgehead atoms. The van der Waals surface area contributed by atoms with E-state index in [-0.39, 0.29) is 41.7 Å². The van der Waals surface area contributed by atoms with Gasteiger partial charge in [-0.3, -0.25) is 13.9 Å². The Labute approximate surface area is 274 Å². The highest BCUT2D eigenvalue weighted by molar-refractivity contribution is 7.90. The van der Waals surface area contributed by atoms with E-state index in [0.717, 1.165) is 22.7 Å². The first-order valence-electron chi connectivity index (χ1n) is 15.4. The van der Waals surface area contributed by atoms with Crippen LogP contribution in [0.4, 0.5) is 16.2 Å². The fourth-order valence-electron chi connectivity index (χ4n) is 5.49. The molecule has 1 atom stereocenters. The van der Waals surface area contributed by atoms with Crippen molar-refractivity contribution < 1.29 is 37.0 Å². The first-order chi connectivity index (χ1) is 22.4. The van der Waals surface area contributed by atoms with Crippen molar-refractivity contribution >= 4 is 45.1 Å². The molecule has 0 radical (unpaired) electrons. The number of hydrogen-bond donors (Lipinski definition) is 1. The molecule has 0 aromatic heterocycles. The summed E-state index contributed by atoms with van der Waals surface area (Å²) in [6.45, 7) is 6.88. The number of cyclic esters (lactones) is 1. The molecule has 2 aliphatic rings. The number of fused-ring (bicyclic) bond motifs is 1. The number of carbonyl (C=O) groups excluding carboxylic acids is 3. The van der Waals surface area contributed by atoms with Gasteiger partial charge in [0.2, 0.25) is 0 Å². The third-order valence-corrected chi connectivity index (χ3v) is 9.84. The van der Waals surface area contributed by atoms with E-state index in [4.69, 9.17) is 14.2 Å². The molecule has 3 amide bonds. The van der Waals surface area contributed by atoms with E-state index in [1.165, 1.54) is 38.7 Å². The van der Waals surface area contributed by atoms with Gasteiger partial charge in [-0.15, -0.1) is 0 Å². The molecule has 1 unspecified atom stereocenters. The van der Waals surface area contributed by atoms with Crippen molar-refractivity contribution in [1.82, 2.24) is 9.21 Å². The smallest absolute Gasteiger partial charge is 0.418 e. The maximum atomic E-state index is 14.2. The molecule has 248 valence electrons. The summed E-state index contributed by atoms with van der Waals surface area (Å²) in [5, 5.41) is 2.69. The lowest BCUT2D eigenvalue weighted by atomic mass is 10.1. The molecule has 0 saturated carbocycles. The van der Waals surface area contributed by atoms with Crippen molar-refractivity contribution in [3.8, 4) is 11.5 Å². The summed E-state index contributed by atoms with van der Waals surface area (Å²) in [4.78, 5) is 46.1. The standard InChI is InChI=1S/C34H38N4O8S/c1-6-22-17-18-26(23(7-2)21-22)45-20-12-19-37-30(35-25-14-9-11-16-28(25)47(37,42)43)29(38-32(40)34(3,4)46-33(38)41)31(39)36-24-13-8-10-15-27(24)44-5/h8-11,13-18,21,29H,6-7,12,19-20H2,1-5H3,(H,36,39). The van der Waals surface area contributed by atoms with E-state index in [1.807, 2.05) is 19.1 Å². The molecule has 0 spiro atoms. The number of aryl methyl sites for hydroxylation is 2. The predicted molar refractivity (Wildman–Crippen MR) is 176 cm³/mol. The van der Waals surface area contributed by atoms with Gasteiger partial charge in [0.1, 0.15) is 16.4 Å². The molecular weight excluding hydrogens is 624 g/mol. The lowest BCUT2D eigenvalue weighted by molar-refractivity contribution is -0.137. The van der Waals surface area contributed by atoms with Crippen molar-refractivity contribution in [2.45, 2.75) is 63.5 Å². The summed E-state index contributed by atoms with van der Waals surface area (Å²) in [7, 11) is -2.88. The Morgan fingerprint density at radius 3 is 2.40 bits per heavy atom. The molecule has 12 nitrogen and oxygen atoms in total. The Balaban J connectivity index is 1.54. The highest BCUT2D eigenvalue weighted by Gasteiger charge is 2.55. The van der Waals surface area contributed by atoms with Gasteiger partial charge in [-0.05, 0) is 68.1 Å². The molecule has 1 saturated heterocycles. The Morgan fingerprint density at radius 2 is 1.72 bits per heavy atom. The number of sulfonamides is 1. The fraction of sp³-hybridized carbons (Fsp3) is 0.353. The Hall–Kier alpha value is -4.91. The van der Waals surface area contributed by atoms with Crippen LogP contribution < -0.4 is 14.8 Å². The molecule has 3 aromatic rings. The number of amidine groups is 1. The summed E-state index contributed by atoms with van der Waals surface area (Å²) in [5.74, 6) is -1.04. The van der Waals surface area contributed by atoms with Crippen molar-refractivity contribution in [1.29, 1.82) is 0 Å². The topological polar surface area (TPSA) is 144 Å². The van der Waals surface area contributed by atoms with E-state index >= 15 is 0 Å². The molecule has 2 aliphatic heterocycles. The number of amides is 3. The highest BCUT2D eigenvalue weighted by atomic mass is 32.2. The van der Waals surface area contributed by atoms with Crippen molar-refractivity contribution in [2.75, 3.05) is 25.6 Å². The number of aliphatic imine (C=N–C) groups is 1. The zero-order chi connectivity index (χ0) is 33.9. The first kappa shape index (κ1) is 33.5. The van der Waals surface area contributed by atoms with Crippen molar-refractivity contribution in [3.63, 3.8) is 0 Å². The number of benzene rings is 3. The molecule has 5 rings (SSSR count). The Morgan fingerprint density at radius 1 is 1.00 bits per heavy atom. The summed E-state index contributed by atoms with van der Waals surface area (Å²) in [5.41, 5.74) is 0.920. The normalized spacial score (nSPS) is 17.0. The van der Waals surface area contributed by atoms with Gasteiger partial charge in [-0.25, -0.2) is 23.1 Å². The summed E-state index contributed by atoms with van der Waals surface area (Å²) >= 11 is 0. The number of hydrogen-bond acceptors (Lipinski definition) is 9. The quantitative estimate of drug-likeness (QED) is 0.264. The molecule has 3 aromatic carbocycles. The second-order valence-corrected chi connectivity index (χ2v) is 13.3. The van der Waals surface area contributed by atoms with E-state index in [2.05, 4.69) is 23.3 Å². The molecule has 1 fully saturated rings. The Bertz CT molecular complexity index is 1840. The van der Waals surface area contributed by atoms with Crippen LogP contribution in [0.3, 0.4) is 0 Å². The predicted octanol–water partition coefficient (Wildman–Crippen LogP) is 5.09. The van der Waals surface area contributed by atoms with Gasteiger partial charge < -0.3 is 19.5 Å². The van der Waals surface area contributed by atoms with Gasteiger partial charge in [0.15, 0.2) is 17.5 Å². The number of imide groups is 1. The number of rotatable bonds is 12. The maximum Gasteiger partial charge on any atom is 0.418 e. The minimum atomic E-state index is -4.30. The van der Waals surface area contributed by atoms with Gasteiger partial charge in [-0.1, -0.05) is 50.2 Å². The SMILES string of the molecule is CCc1ccc(OCCCN2C(C(C(=O)Nc3ccccc3OC)N3C(=O)OC(C)(C)C3=O)=Nc3ccccc3S2(=O)=O)c(CC)c1. The largest absolute Gasteiger partial charge is 0.495 e. The van der Waals surface area contributed by atoms with E-state index < -0.39 is 39.6 Å². The third-order valence-electron chi connectivity index (χ3n) is 7.99. The van der Waals surface area contributed by atoms with Crippen LogP contribution >= 0.6 is 0 Å². The van der Waals surface area contributed by atoms with Gasteiger partial charge >= 0.3 is 6.09 Å². The van der Waals surface area contributed by atoms with E-state index in [1.54, 1.807) is 36.4 Å². The summed E-state index contributed by atoms with van der Waals surface area (Å²) in [6, 6.07) is 16.8. The minimum Gasteiger partial charge on any atom is -0.495 e. The zero-order valence-electron chi connectivity index (χ0n) is 27.0. The van der Waals surface area contributed by atoms with Crippen LogP contribution in [0.1, 0.15) is 45.2 Å².